The van der Waals surface area contributed by atoms with E-state index in [2.05, 4.69) is 10.6 Å². The average molecular weight is 412 g/mol. The van der Waals surface area contributed by atoms with Gasteiger partial charge in [0.1, 0.15) is 6.04 Å². The van der Waals surface area contributed by atoms with Crippen LogP contribution >= 0.6 is 24.2 Å². The fourth-order valence-corrected chi connectivity index (χ4v) is 3.74. The highest BCUT2D eigenvalue weighted by Crippen LogP contribution is 2.27. The number of benzene rings is 1. The number of hydrogen-bond donors (Lipinski definition) is 2. The Bertz CT molecular complexity index is 542. The van der Waals surface area contributed by atoms with E-state index in [-0.39, 0.29) is 18.3 Å². The highest BCUT2D eigenvalue weighted by Gasteiger charge is 2.44. The molecule has 0 aromatic heterocycles. The molecule has 1 aromatic carbocycles. The molecule has 0 radical (unpaired) electrons. The molecule has 0 saturated carbocycles. The second-order valence-electron chi connectivity index (χ2n) is 5.92. The van der Waals surface area contributed by atoms with E-state index in [1.165, 1.54) is 16.7 Å². The number of nitrogens with zero attached hydrogens (tertiary/aromatic N) is 1. The summed E-state index contributed by atoms with van der Waals surface area (Å²) in [6.07, 6.45) is -3.81. The number of hydrogen-bond acceptors (Lipinski definition) is 4. The molecule has 26 heavy (non-hydrogen) atoms. The lowest BCUT2D eigenvalue weighted by atomic mass is 10.2. The summed E-state index contributed by atoms with van der Waals surface area (Å²) in [5.74, 6) is -0.347. The van der Waals surface area contributed by atoms with Gasteiger partial charge in [0.2, 0.25) is 5.91 Å². The van der Waals surface area contributed by atoms with Crippen LogP contribution in [0.4, 0.5) is 13.2 Å². The summed E-state index contributed by atoms with van der Waals surface area (Å²) in [6.45, 7) is 3.17. The molecule has 1 heterocycles. The molecule has 2 atom stereocenters. The van der Waals surface area contributed by atoms with Gasteiger partial charge < -0.3 is 10.6 Å². The zero-order chi connectivity index (χ0) is 18.3. The molecule has 9 heteroatoms. The topological polar surface area (TPSA) is 44.4 Å². The van der Waals surface area contributed by atoms with Crippen LogP contribution in [0.25, 0.3) is 0 Å². The minimum Gasteiger partial charge on any atom is -0.353 e. The van der Waals surface area contributed by atoms with Crippen molar-refractivity contribution in [2.45, 2.75) is 35.7 Å². The number of nitrogens with one attached hydrogen (secondary N) is 2. The van der Waals surface area contributed by atoms with Crippen molar-refractivity contribution in [1.82, 2.24) is 15.5 Å². The van der Waals surface area contributed by atoms with Crippen LogP contribution in [0.2, 0.25) is 0 Å². The molecule has 1 aliphatic rings. The molecule has 1 saturated heterocycles. The average Bonchev–Trinajstić information content (AvgIpc) is 2.60. The molecule has 0 spiro atoms. The number of halogens is 4. The van der Waals surface area contributed by atoms with Gasteiger partial charge in [-0.2, -0.15) is 13.2 Å². The first-order chi connectivity index (χ1) is 11.9. The fourth-order valence-electron chi connectivity index (χ4n) is 2.74. The Kier molecular flexibility index (Phi) is 9.78. The van der Waals surface area contributed by atoms with Crippen LogP contribution in [0, 0.1) is 0 Å². The molecule has 0 bridgehead atoms. The number of alkyl halides is 3. The third-order valence-corrected chi connectivity index (χ3v) is 5.50. The molecule has 2 rings (SSSR count). The predicted molar refractivity (Wildman–Crippen MR) is 101 cm³/mol. The maximum atomic E-state index is 13.4. The minimum atomic E-state index is -4.36. The molecule has 1 fully saturated rings. The lowest BCUT2D eigenvalue weighted by molar-refractivity contribution is -0.184. The van der Waals surface area contributed by atoms with E-state index < -0.39 is 24.0 Å². The van der Waals surface area contributed by atoms with Crippen molar-refractivity contribution < 1.29 is 18.0 Å². The van der Waals surface area contributed by atoms with E-state index in [4.69, 9.17) is 0 Å². The molecule has 148 valence electrons. The summed E-state index contributed by atoms with van der Waals surface area (Å²) < 4.78 is 40.1. The maximum Gasteiger partial charge on any atom is 0.405 e. The smallest absolute Gasteiger partial charge is 0.353 e. The van der Waals surface area contributed by atoms with Gasteiger partial charge in [-0.3, -0.25) is 9.69 Å². The maximum absolute atomic E-state index is 13.4. The van der Waals surface area contributed by atoms with Gasteiger partial charge in [0.25, 0.3) is 0 Å². The summed E-state index contributed by atoms with van der Waals surface area (Å²) >= 11 is 1.37. The molecule has 4 nitrogen and oxygen atoms in total. The van der Waals surface area contributed by atoms with Crippen molar-refractivity contribution in [1.29, 1.82) is 0 Å². The van der Waals surface area contributed by atoms with Gasteiger partial charge in [-0.25, -0.2) is 0 Å². The Morgan fingerprint density at radius 2 is 1.88 bits per heavy atom. The Morgan fingerprint density at radius 1 is 1.27 bits per heavy atom. The zero-order valence-corrected chi connectivity index (χ0v) is 16.2. The van der Waals surface area contributed by atoms with Gasteiger partial charge in [0.15, 0.2) is 0 Å². The monoisotopic (exact) mass is 411 g/mol. The van der Waals surface area contributed by atoms with E-state index in [0.717, 1.165) is 4.90 Å². The summed E-state index contributed by atoms with van der Waals surface area (Å²) in [7, 11) is 0. The van der Waals surface area contributed by atoms with E-state index >= 15 is 0 Å². The second kappa shape index (κ2) is 11.0. The first-order valence-electron chi connectivity index (χ1n) is 8.42. The third-order valence-electron chi connectivity index (χ3n) is 4.12. The Labute approximate surface area is 162 Å². The largest absolute Gasteiger partial charge is 0.405 e. The van der Waals surface area contributed by atoms with Gasteiger partial charge in [-0.15, -0.1) is 24.2 Å². The van der Waals surface area contributed by atoms with Crippen LogP contribution in [0.5, 0.6) is 0 Å². The quantitative estimate of drug-likeness (QED) is 0.677. The highest BCUT2D eigenvalue weighted by atomic mass is 35.5. The first-order valence-corrected chi connectivity index (χ1v) is 9.30. The van der Waals surface area contributed by atoms with Crippen LogP contribution in [-0.2, 0) is 4.79 Å². The Morgan fingerprint density at radius 3 is 2.42 bits per heavy atom. The molecule has 0 aliphatic carbocycles. The van der Waals surface area contributed by atoms with E-state index in [1.807, 2.05) is 37.3 Å². The van der Waals surface area contributed by atoms with E-state index in [0.29, 0.717) is 32.6 Å². The molecular formula is C17H25ClF3N3OS. The van der Waals surface area contributed by atoms with Crippen LogP contribution < -0.4 is 10.6 Å². The number of amides is 1. The predicted octanol–water partition coefficient (Wildman–Crippen LogP) is 2.93. The highest BCUT2D eigenvalue weighted by molar-refractivity contribution is 8.00. The van der Waals surface area contributed by atoms with E-state index in [9.17, 15) is 18.0 Å². The second-order valence-corrected chi connectivity index (χ2v) is 7.19. The molecular weight excluding hydrogens is 387 g/mol. The zero-order valence-electron chi connectivity index (χ0n) is 14.6. The van der Waals surface area contributed by atoms with Gasteiger partial charge in [0.05, 0.1) is 5.25 Å². The van der Waals surface area contributed by atoms with Crippen LogP contribution in [0.1, 0.15) is 13.3 Å². The van der Waals surface area contributed by atoms with Crippen molar-refractivity contribution in [2.75, 3.05) is 32.7 Å². The number of rotatable bonds is 7. The Balaban J connectivity index is 0.00000338. The summed E-state index contributed by atoms with van der Waals surface area (Å²) in [5, 5.41) is 5.15. The van der Waals surface area contributed by atoms with Crippen molar-refractivity contribution >= 4 is 30.1 Å². The number of carbonyl (C=O) groups excluding carboxylic acids is 1. The number of carbonyl (C=O) groups is 1. The van der Waals surface area contributed by atoms with Crippen LogP contribution in [0.15, 0.2) is 35.2 Å². The van der Waals surface area contributed by atoms with Crippen molar-refractivity contribution in [3.05, 3.63) is 30.3 Å². The third kappa shape index (κ3) is 6.98. The normalized spacial score (nSPS) is 17.8. The fraction of sp³-hybridized carbons (Fsp3) is 0.588. The standard InChI is InChI=1S/C17H24F3N3OS.ClH/c1-2-14(25-13-6-4-3-5-7-13)16(24)22-12-15(17(18,19)20)23-10-8-21-9-11-23;/h3-7,14-15,21H,2,8-12H2,1H3,(H,22,24);1H. The first kappa shape index (κ1) is 23.1. The summed E-state index contributed by atoms with van der Waals surface area (Å²) in [6, 6.07) is 7.76. The minimum absolute atomic E-state index is 0. The SMILES string of the molecule is CCC(Sc1ccccc1)C(=O)NCC(N1CCNCC1)C(F)(F)F.Cl. The summed E-state index contributed by atoms with van der Waals surface area (Å²) in [5.41, 5.74) is 0. The Hall–Kier alpha value is -0.960. The van der Waals surface area contributed by atoms with Crippen molar-refractivity contribution in [3.63, 3.8) is 0 Å². The van der Waals surface area contributed by atoms with Gasteiger partial charge in [-0.1, -0.05) is 25.1 Å². The van der Waals surface area contributed by atoms with Crippen molar-refractivity contribution in [2.24, 2.45) is 0 Å². The molecule has 1 amide bonds. The van der Waals surface area contributed by atoms with Crippen molar-refractivity contribution in [3.8, 4) is 0 Å². The number of thioether (sulfide) groups is 1. The number of piperazine rings is 1. The lowest BCUT2D eigenvalue weighted by Gasteiger charge is -2.36. The molecule has 1 aromatic rings. The van der Waals surface area contributed by atoms with Gasteiger partial charge >= 0.3 is 6.18 Å². The van der Waals surface area contributed by atoms with Gasteiger partial charge in [-0.05, 0) is 18.6 Å². The van der Waals surface area contributed by atoms with Crippen LogP contribution in [0.3, 0.4) is 0 Å². The van der Waals surface area contributed by atoms with Gasteiger partial charge in [0, 0.05) is 37.6 Å². The lowest BCUT2D eigenvalue weighted by Crippen LogP contribution is -2.58. The molecule has 2 N–H and O–H groups in total. The van der Waals surface area contributed by atoms with Crippen LogP contribution in [-0.4, -0.2) is 61.0 Å². The molecule has 2 unspecified atom stereocenters. The van der Waals surface area contributed by atoms with E-state index in [1.54, 1.807) is 0 Å². The summed E-state index contributed by atoms with van der Waals surface area (Å²) in [4.78, 5) is 14.7. The molecule has 1 aliphatic heterocycles.